The average Bonchev–Trinajstić information content (AvgIpc) is 2.74. The summed E-state index contributed by atoms with van der Waals surface area (Å²) in [4.78, 5) is 8.87. The molecule has 4 nitrogen and oxygen atoms in total. The third-order valence-electron chi connectivity index (χ3n) is 2.67. The molecule has 2 rings (SSSR count). The van der Waals surface area contributed by atoms with Crippen LogP contribution in [0.2, 0.25) is 0 Å². The van der Waals surface area contributed by atoms with Crippen molar-refractivity contribution in [3.63, 3.8) is 0 Å². The van der Waals surface area contributed by atoms with E-state index in [-0.39, 0.29) is 0 Å². The van der Waals surface area contributed by atoms with E-state index in [0.29, 0.717) is 6.04 Å². The monoisotopic (exact) mass is 244 g/mol. The Kier molecular flexibility index (Phi) is 4.10. The summed E-state index contributed by atoms with van der Waals surface area (Å²) in [6, 6.07) is 6.57. The molecule has 4 heteroatoms. The van der Waals surface area contributed by atoms with Crippen LogP contribution in [-0.4, -0.2) is 20.6 Å². The highest BCUT2D eigenvalue weighted by atomic mass is 15.1. The van der Waals surface area contributed by atoms with Crippen molar-refractivity contribution < 1.29 is 0 Å². The number of aryl methyl sites for hydroxylation is 1. The summed E-state index contributed by atoms with van der Waals surface area (Å²) in [7, 11) is 0. The topological polar surface area (TPSA) is 42.7 Å². The molecule has 0 saturated heterocycles. The number of hydrogen-bond donors (Lipinski definition) is 1. The Morgan fingerprint density at radius 1 is 1.28 bits per heavy atom. The molecule has 0 fully saturated rings. The minimum atomic E-state index is 0.480. The van der Waals surface area contributed by atoms with Crippen LogP contribution in [0.1, 0.15) is 30.9 Å². The van der Waals surface area contributed by atoms with Gasteiger partial charge in [-0.1, -0.05) is 19.9 Å². The summed E-state index contributed by atoms with van der Waals surface area (Å²) < 4.78 is 2.07. The Morgan fingerprint density at radius 3 is 2.83 bits per heavy atom. The van der Waals surface area contributed by atoms with E-state index in [4.69, 9.17) is 0 Å². The van der Waals surface area contributed by atoms with Gasteiger partial charge in [-0.15, -0.1) is 0 Å². The molecule has 18 heavy (non-hydrogen) atoms. The molecule has 0 radical (unpaired) electrons. The molecule has 0 atom stereocenters. The van der Waals surface area contributed by atoms with Crippen molar-refractivity contribution in [2.75, 3.05) is 0 Å². The number of pyridine rings is 1. The molecule has 2 aromatic rings. The van der Waals surface area contributed by atoms with E-state index in [1.807, 2.05) is 31.5 Å². The second-order valence-corrected chi connectivity index (χ2v) is 4.84. The second-order valence-electron chi connectivity index (χ2n) is 4.84. The molecule has 1 N–H and O–H groups in total. The first-order chi connectivity index (χ1) is 8.63. The van der Waals surface area contributed by atoms with E-state index in [0.717, 1.165) is 30.2 Å². The molecule has 0 saturated carbocycles. The van der Waals surface area contributed by atoms with Crippen molar-refractivity contribution >= 4 is 0 Å². The van der Waals surface area contributed by atoms with E-state index in [2.05, 4.69) is 39.9 Å². The molecule has 96 valence electrons. The fourth-order valence-corrected chi connectivity index (χ4v) is 1.77. The normalized spacial score (nSPS) is 11.1. The SMILES string of the molecule is Cc1cccc(Cn2cnc(CNC(C)C)c2)n1. The lowest BCUT2D eigenvalue weighted by molar-refractivity contribution is 0.582. The molecular formula is C14H20N4. The summed E-state index contributed by atoms with van der Waals surface area (Å²) in [5, 5.41) is 3.36. The van der Waals surface area contributed by atoms with Crippen molar-refractivity contribution in [3.05, 3.63) is 47.8 Å². The minimum Gasteiger partial charge on any atom is -0.331 e. The molecule has 0 unspecified atom stereocenters. The second kappa shape index (κ2) is 5.78. The van der Waals surface area contributed by atoms with Gasteiger partial charge in [0.1, 0.15) is 0 Å². The molecule has 0 aromatic carbocycles. The maximum atomic E-state index is 4.49. The van der Waals surface area contributed by atoms with Gasteiger partial charge in [0, 0.05) is 24.5 Å². The van der Waals surface area contributed by atoms with Gasteiger partial charge in [0.25, 0.3) is 0 Å². The summed E-state index contributed by atoms with van der Waals surface area (Å²) in [6.45, 7) is 7.86. The van der Waals surface area contributed by atoms with Crippen LogP contribution in [0.3, 0.4) is 0 Å². The lowest BCUT2D eigenvalue weighted by Crippen LogP contribution is -2.21. The Balaban J connectivity index is 1.98. The van der Waals surface area contributed by atoms with Gasteiger partial charge in [-0.25, -0.2) is 4.98 Å². The smallest absolute Gasteiger partial charge is 0.0953 e. The number of hydrogen-bond acceptors (Lipinski definition) is 3. The summed E-state index contributed by atoms with van der Waals surface area (Å²) in [5.41, 5.74) is 3.18. The Morgan fingerprint density at radius 2 is 2.11 bits per heavy atom. The van der Waals surface area contributed by atoms with Gasteiger partial charge >= 0.3 is 0 Å². The fourth-order valence-electron chi connectivity index (χ4n) is 1.77. The van der Waals surface area contributed by atoms with Crippen LogP contribution in [0, 0.1) is 6.92 Å². The zero-order valence-corrected chi connectivity index (χ0v) is 11.2. The van der Waals surface area contributed by atoms with Crippen LogP contribution in [0.5, 0.6) is 0 Å². The fraction of sp³-hybridized carbons (Fsp3) is 0.429. The Labute approximate surface area is 108 Å². The molecule has 0 bridgehead atoms. The Bertz CT molecular complexity index is 502. The lowest BCUT2D eigenvalue weighted by Gasteiger charge is -2.05. The highest BCUT2D eigenvalue weighted by Crippen LogP contribution is 2.03. The van der Waals surface area contributed by atoms with E-state index in [1.54, 1.807) is 0 Å². The van der Waals surface area contributed by atoms with Gasteiger partial charge in [-0.3, -0.25) is 4.98 Å². The molecule has 0 aliphatic carbocycles. The number of imidazole rings is 1. The minimum absolute atomic E-state index is 0.480. The molecular weight excluding hydrogens is 224 g/mol. The van der Waals surface area contributed by atoms with Crippen LogP contribution in [0.15, 0.2) is 30.7 Å². The summed E-state index contributed by atoms with van der Waals surface area (Å²) in [5.74, 6) is 0. The van der Waals surface area contributed by atoms with E-state index >= 15 is 0 Å². The van der Waals surface area contributed by atoms with Gasteiger partial charge in [0.05, 0.1) is 24.3 Å². The predicted octanol–water partition coefficient (Wildman–Crippen LogP) is 2.13. The van der Waals surface area contributed by atoms with Crippen molar-refractivity contribution in [1.29, 1.82) is 0 Å². The van der Waals surface area contributed by atoms with Crippen molar-refractivity contribution in [2.24, 2.45) is 0 Å². The van der Waals surface area contributed by atoms with Crippen LogP contribution >= 0.6 is 0 Å². The molecule has 0 aliphatic rings. The van der Waals surface area contributed by atoms with E-state index < -0.39 is 0 Å². The zero-order chi connectivity index (χ0) is 13.0. The summed E-state index contributed by atoms with van der Waals surface area (Å²) in [6.07, 6.45) is 3.93. The van der Waals surface area contributed by atoms with Gasteiger partial charge in [0.2, 0.25) is 0 Å². The third kappa shape index (κ3) is 3.67. The average molecular weight is 244 g/mol. The molecule has 2 heterocycles. The van der Waals surface area contributed by atoms with Gasteiger partial charge < -0.3 is 9.88 Å². The van der Waals surface area contributed by atoms with Crippen LogP contribution in [-0.2, 0) is 13.1 Å². The number of aromatic nitrogens is 3. The van der Waals surface area contributed by atoms with Crippen LogP contribution in [0.4, 0.5) is 0 Å². The number of nitrogens with zero attached hydrogens (tertiary/aromatic N) is 3. The lowest BCUT2D eigenvalue weighted by atomic mass is 10.3. The standard InChI is InChI=1S/C14H20N4/c1-11(2)15-7-14-9-18(10-16-14)8-13-6-4-5-12(3)17-13/h4-6,9-11,15H,7-8H2,1-3H3. The van der Waals surface area contributed by atoms with E-state index in [1.165, 1.54) is 0 Å². The maximum absolute atomic E-state index is 4.49. The molecule has 0 aliphatic heterocycles. The van der Waals surface area contributed by atoms with Gasteiger partial charge in [-0.05, 0) is 19.1 Å². The van der Waals surface area contributed by atoms with Crippen molar-refractivity contribution in [3.8, 4) is 0 Å². The van der Waals surface area contributed by atoms with Gasteiger partial charge in [0.15, 0.2) is 0 Å². The quantitative estimate of drug-likeness (QED) is 0.876. The molecule has 0 spiro atoms. The number of rotatable bonds is 5. The van der Waals surface area contributed by atoms with E-state index in [9.17, 15) is 0 Å². The summed E-state index contributed by atoms with van der Waals surface area (Å²) >= 11 is 0. The Hall–Kier alpha value is -1.68. The van der Waals surface area contributed by atoms with Crippen molar-refractivity contribution in [1.82, 2.24) is 19.9 Å². The zero-order valence-electron chi connectivity index (χ0n) is 11.2. The van der Waals surface area contributed by atoms with Crippen LogP contribution < -0.4 is 5.32 Å². The predicted molar refractivity (Wildman–Crippen MR) is 72.3 cm³/mol. The number of nitrogens with one attached hydrogen (secondary N) is 1. The molecule has 0 amide bonds. The first-order valence-electron chi connectivity index (χ1n) is 6.30. The molecule has 2 aromatic heterocycles. The van der Waals surface area contributed by atoms with Crippen LogP contribution in [0.25, 0.3) is 0 Å². The first-order valence-corrected chi connectivity index (χ1v) is 6.30. The van der Waals surface area contributed by atoms with Crippen molar-refractivity contribution in [2.45, 2.75) is 39.9 Å². The van der Waals surface area contributed by atoms with Gasteiger partial charge in [-0.2, -0.15) is 0 Å². The highest BCUT2D eigenvalue weighted by Gasteiger charge is 2.01. The first kappa shape index (κ1) is 12.8. The third-order valence-corrected chi connectivity index (χ3v) is 2.67. The largest absolute Gasteiger partial charge is 0.331 e. The highest BCUT2D eigenvalue weighted by molar-refractivity contribution is 5.11. The maximum Gasteiger partial charge on any atom is 0.0953 e.